The molecule has 0 aromatic rings. The van der Waals surface area contributed by atoms with Crippen molar-refractivity contribution in [3.8, 4) is 0 Å². The van der Waals surface area contributed by atoms with Gasteiger partial charge >= 0.3 is 49.2 Å². The van der Waals surface area contributed by atoms with Gasteiger partial charge in [0.25, 0.3) is 6.17 Å². The molecule has 0 saturated carbocycles. The number of hydrogen-bond donors (Lipinski definition) is 1. The fourth-order valence-electron chi connectivity index (χ4n) is 1.07. The van der Waals surface area contributed by atoms with Crippen LogP contribution in [0.3, 0.4) is 0 Å². The third-order valence-corrected chi connectivity index (χ3v) is 2.19. The largest absolute Gasteiger partial charge is 0.529 e. The minimum atomic E-state index is -7.47. The number of ether oxygens (including phenoxy) is 4. The molecule has 0 aliphatic carbocycles. The summed E-state index contributed by atoms with van der Waals surface area (Å²) in [7, 11) is 0. The quantitative estimate of drug-likeness (QED) is 0.326. The van der Waals surface area contributed by atoms with Crippen molar-refractivity contribution in [1.29, 1.82) is 0 Å². The smallest absolute Gasteiger partial charge is 0.479 e. The normalized spacial score (nSPS) is 16.4. The predicted molar refractivity (Wildman–Crippen MR) is 52.6 cm³/mol. The summed E-state index contributed by atoms with van der Waals surface area (Å²) in [6, 6.07) is 0. The molecule has 0 spiro atoms. The van der Waals surface area contributed by atoms with Gasteiger partial charge in [0.05, 0.1) is 0 Å². The first-order valence-corrected chi connectivity index (χ1v) is 6.19. The second kappa shape index (κ2) is 8.27. The molecular formula is C9H2F16O6. The van der Waals surface area contributed by atoms with Crippen molar-refractivity contribution in [2.24, 2.45) is 0 Å². The van der Waals surface area contributed by atoms with Crippen molar-refractivity contribution in [2.45, 2.75) is 49.4 Å². The molecule has 31 heavy (non-hydrogen) atoms. The van der Waals surface area contributed by atoms with Crippen LogP contribution in [-0.2, 0) is 23.7 Å². The highest BCUT2D eigenvalue weighted by atomic mass is 19.4. The Kier molecular flexibility index (Phi) is 7.79. The third-order valence-electron chi connectivity index (χ3n) is 2.19. The van der Waals surface area contributed by atoms with Crippen LogP contribution in [0.1, 0.15) is 0 Å². The van der Waals surface area contributed by atoms with E-state index >= 15 is 0 Å². The van der Waals surface area contributed by atoms with Crippen molar-refractivity contribution in [1.82, 2.24) is 0 Å². The average molecular weight is 510 g/mol. The van der Waals surface area contributed by atoms with E-state index in [2.05, 4.69) is 0 Å². The topological polar surface area (TPSA) is 74.2 Å². The van der Waals surface area contributed by atoms with Gasteiger partial charge in [-0.05, 0) is 0 Å². The molecule has 0 fully saturated rings. The molecule has 1 atom stereocenters. The predicted octanol–water partition coefficient (Wildman–Crippen LogP) is 4.51. The Labute approximate surface area is 156 Å². The minimum Gasteiger partial charge on any atom is -0.479 e. The molecular weight excluding hydrogens is 508 g/mol. The van der Waals surface area contributed by atoms with Crippen LogP contribution in [0.15, 0.2) is 0 Å². The number of hydrogen-bond acceptors (Lipinski definition) is 5. The van der Waals surface area contributed by atoms with Crippen LogP contribution in [-0.4, -0.2) is 60.4 Å². The van der Waals surface area contributed by atoms with Crippen LogP contribution in [0, 0.1) is 0 Å². The number of carboxylic acids is 1. The van der Waals surface area contributed by atoms with Crippen molar-refractivity contribution >= 4 is 5.97 Å². The molecule has 1 unspecified atom stereocenters. The second-order valence-corrected chi connectivity index (χ2v) is 4.65. The molecule has 0 aromatic heterocycles. The first-order chi connectivity index (χ1) is 13.2. The summed E-state index contributed by atoms with van der Waals surface area (Å²) < 4.78 is 207. The summed E-state index contributed by atoms with van der Waals surface area (Å²) in [4.78, 5) is 9.88. The lowest BCUT2D eigenvalue weighted by atomic mass is 10.3. The van der Waals surface area contributed by atoms with Gasteiger partial charge in [-0.25, -0.2) is 23.4 Å². The summed E-state index contributed by atoms with van der Waals surface area (Å²) in [5.41, 5.74) is 0. The molecule has 186 valence electrons. The molecule has 0 amide bonds. The first-order valence-electron chi connectivity index (χ1n) is 6.19. The summed E-state index contributed by atoms with van der Waals surface area (Å²) in [5.74, 6) is -3.33. The molecule has 0 saturated heterocycles. The Morgan fingerprint density at radius 2 is 0.903 bits per heavy atom. The summed E-state index contributed by atoms with van der Waals surface area (Å²) in [5, 5.41) is 7.80. The Morgan fingerprint density at radius 3 is 1.23 bits per heavy atom. The van der Waals surface area contributed by atoms with Gasteiger partial charge in [0, 0.05) is 0 Å². The van der Waals surface area contributed by atoms with Gasteiger partial charge in [0.1, 0.15) is 0 Å². The third kappa shape index (κ3) is 7.68. The maximum Gasteiger partial charge on any atom is 0.529 e. The number of aliphatic carboxylic acids is 1. The number of carboxylic acid groups (broad SMARTS) is 1. The molecule has 0 radical (unpaired) electrons. The number of rotatable bonds is 11. The standard InChI is InChI=1S/C9H2F16O6/c10-1(2(26)27)3(11,12)28-4(13,14)5(15,16)29-6(17,18)7(19,20)30-9(24,25)31-8(21,22)23/h1H,(H,26,27). The monoisotopic (exact) mass is 510 g/mol. The average Bonchev–Trinajstić information content (AvgIpc) is 2.39. The van der Waals surface area contributed by atoms with Gasteiger partial charge in [-0.15, -0.1) is 22.0 Å². The van der Waals surface area contributed by atoms with E-state index in [1.165, 1.54) is 14.2 Å². The summed E-state index contributed by atoms with van der Waals surface area (Å²) in [6.07, 6.45) is -54.2. The Morgan fingerprint density at radius 1 is 0.581 bits per heavy atom. The molecule has 0 aromatic carbocycles. The van der Waals surface area contributed by atoms with Crippen LogP contribution in [0.5, 0.6) is 0 Å². The molecule has 0 aliphatic rings. The molecule has 22 heteroatoms. The van der Waals surface area contributed by atoms with Gasteiger partial charge in [0.2, 0.25) is 0 Å². The molecule has 0 aliphatic heterocycles. The van der Waals surface area contributed by atoms with Gasteiger partial charge in [-0.2, -0.15) is 48.6 Å². The fourth-order valence-corrected chi connectivity index (χ4v) is 1.07. The number of carbonyl (C=O) groups is 1. The van der Waals surface area contributed by atoms with E-state index in [1.54, 1.807) is 4.74 Å². The van der Waals surface area contributed by atoms with Crippen molar-refractivity contribution in [3.63, 3.8) is 0 Å². The zero-order chi connectivity index (χ0) is 25.5. The van der Waals surface area contributed by atoms with Crippen LogP contribution >= 0.6 is 0 Å². The Hall–Kier alpha value is -1.81. The van der Waals surface area contributed by atoms with Crippen LogP contribution in [0.25, 0.3) is 0 Å². The highest BCUT2D eigenvalue weighted by molar-refractivity contribution is 5.73. The van der Waals surface area contributed by atoms with Crippen LogP contribution in [0.4, 0.5) is 70.2 Å². The van der Waals surface area contributed by atoms with E-state index in [0.29, 0.717) is 0 Å². The van der Waals surface area contributed by atoms with Crippen LogP contribution in [0.2, 0.25) is 0 Å². The lowest BCUT2D eigenvalue weighted by molar-refractivity contribution is -0.589. The minimum absolute atomic E-state index is 1.43. The van der Waals surface area contributed by atoms with Crippen molar-refractivity contribution < 1.29 is 99.1 Å². The summed E-state index contributed by atoms with van der Waals surface area (Å²) in [6.45, 7) is 0. The van der Waals surface area contributed by atoms with E-state index in [4.69, 9.17) is 5.11 Å². The molecule has 0 rings (SSSR count). The molecule has 6 nitrogen and oxygen atoms in total. The zero-order valence-electron chi connectivity index (χ0n) is 13.1. The summed E-state index contributed by atoms with van der Waals surface area (Å²) >= 11 is 0. The van der Waals surface area contributed by atoms with E-state index < -0.39 is 55.3 Å². The maximum absolute atomic E-state index is 13.0. The van der Waals surface area contributed by atoms with Crippen molar-refractivity contribution in [3.05, 3.63) is 0 Å². The zero-order valence-corrected chi connectivity index (χ0v) is 13.1. The lowest BCUT2D eigenvalue weighted by Crippen LogP contribution is -2.58. The van der Waals surface area contributed by atoms with Gasteiger partial charge in [-0.1, -0.05) is 0 Å². The molecule has 1 N–H and O–H groups in total. The highest BCUT2D eigenvalue weighted by Gasteiger charge is 2.75. The van der Waals surface area contributed by atoms with E-state index in [9.17, 15) is 75.0 Å². The SMILES string of the molecule is O=C(O)C(F)C(F)(F)OC(F)(F)C(F)(F)OC(F)(F)C(F)(F)OC(F)(F)OC(F)(F)F. The van der Waals surface area contributed by atoms with E-state index in [1.807, 2.05) is 0 Å². The highest BCUT2D eigenvalue weighted by Crippen LogP contribution is 2.49. The Balaban J connectivity index is 5.72. The van der Waals surface area contributed by atoms with Gasteiger partial charge in [0.15, 0.2) is 0 Å². The lowest BCUT2D eigenvalue weighted by Gasteiger charge is -2.34. The number of alkyl halides is 16. The van der Waals surface area contributed by atoms with E-state index in [0.717, 1.165) is 0 Å². The maximum atomic E-state index is 13.0. The van der Waals surface area contributed by atoms with E-state index in [-0.39, 0.29) is 0 Å². The number of halogens is 16. The first kappa shape index (κ1) is 29.2. The van der Waals surface area contributed by atoms with Crippen molar-refractivity contribution in [2.75, 3.05) is 0 Å². The van der Waals surface area contributed by atoms with Crippen LogP contribution < -0.4 is 0 Å². The molecule has 0 bridgehead atoms. The molecule has 0 heterocycles. The van der Waals surface area contributed by atoms with Gasteiger partial charge < -0.3 is 5.11 Å². The second-order valence-electron chi connectivity index (χ2n) is 4.65. The van der Waals surface area contributed by atoms with Gasteiger partial charge in [-0.3, -0.25) is 0 Å². The Bertz CT molecular complexity index is 644. The fraction of sp³-hybridized carbons (Fsp3) is 0.889.